The maximum absolute atomic E-state index is 14.4. The van der Waals surface area contributed by atoms with Gasteiger partial charge in [-0.1, -0.05) is 24.3 Å². The molecule has 0 bridgehead atoms. The molecule has 1 aliphatic rings. The fourth-order valence-corrected chi connectivity index (χ4v) is 3.86. The van der Waals surface area contributed by atoms with Crippen LogP contribution in [-0.4, -0.2) is 33.4 Å². The molecule has 3 aromatic rings. The molecule has 2 heterocycles. The summed E-state index contributed by atoms with van der Waals surface area (Å²) in [6.45, 7) is 7.34. The molecule has 1 aromatic heterocycles. The maximum Gasteiger partial charge on any atom is 0.415 e. The van der Waals surface area contributed by atoms with E-state index in [4.69, 9.17) is 4.74 Å². The molecule has 33 heavy (non-hydrogen) atoms. The number of nitrogens with one attached hydrogen (secondary N) is 1. The van der Waals surface area contributed by atoms with E-state index in [1.54, 1.807) is 31.5 Å². The number of anilines is 1. The molecular weight excluding hydrogens is 423 g/mol. The summed E-state index contributed by atoms with van der Waals surface area (Å²) >= 11 is 0. The lowest BCUT2D eigenvalue weighted by molar-refractivity contribution is -0.122. The smallest absolute Gasteiger partial charge is 0.415 e. The van der Waals surface area contributed by atoms with Gasteiger partial charge in [0.1, 0.15) is 17.5 Å². The van der Waals surface area contributed by atoms with Crippen LogP contribution in [0.3, 0.4) is 0 Å². The molecule has 172 valence electrons. The first-order chi connectivity index (χ1) is 15.6. The van der Waals surface area contributed by atoms with Gasteiger partial charge in [0.05, 0.1) is 17.1 Å². The number of hydrogen-bond acceptors (Lipinski definition) is 4. The highest BCUT2D eigenvalue weighted by Crippen LogP contribution is 2.35. The monoisotopic (exact) mass is 450 g/mol. The number of carbonyl (C=O) groups excluding carboxylic acids is 2. The first-order valence-corrected chi connectivity index (χ1v) is 10.8. The average Bonchev–Trinajstić information content (AvgIpc) is 3.33. The lowest BCUT2D eigenvalue weighted by Crippen LogP contribution is -2.49. The van der Waals surface area contributed by atoms with Gasteiger partial charge < -0.3 is 10.1 Å². The van der Waals surface area contributed by atoms with E-state index in [1.807, 2.05) is 43.5 Å². The number of benzene rings is 2. The number of fused-ring (bicyclic) bond motifs is 1. The molecule has 0 saturated carbocycles. The van der Waals surface area contributed by atoms with Crippen LogP contribution in [0.4, 0.5) is 14.9 Å². The largest absolute Gasteiger partial charge is 0.443 e. The SMILES string of the molecule is Cc1nn(-c2ccccc2)cc1CNC(=O)C1Cc2c(F)cccc2N1C(=O)OC(C)(C)C. The van der Waals surface area contributed by atoms with Crippen LogP contribution < -0.4 is 10.2 Å². The lowest BCUT2D eigenvalue weighted by atomic mass is 10.1. The highest BCUT2D eigenvalue weighted by molar-refractivity contribution is 6.00. The molecule has 1 N–H and O–H groups in total. The van der Waals surface area contributed by atoms with Crippen molar-refractivity contribution in [3.8, 4) is 5.69 Å². The van der Waals surface area contributed by atoms with Crippen molar-refractivity contribution in [2.75, 3.05) is 4.90 Å². The Kier molecular flexibility index (Phi) is 5.93. The van der Waals surface area contributed by atoms with Crippen LogP contribution in [0, 0.1) is 12.7 Å². The Morgan fingerprint density at radius 1 is 1.15 bits per heavy atom. The van der Waals surface area contributed by atoms with Crippen molar-refractivity contribution >= 4 is 17.7 Å². The van der Waals surface area contributed by atoms with Gasteiger partial charge in [-0.15, -0.1) is 0 Å². The van der Waals surface area contributed by atoms with Gasteiger partial charge in [0, 0.05) is 30.3 Å². The second-order valence-corrected chi connectivity index (χ2v) is 9.05. The topological polar surface area (TPSA) is 76.5 Å². The minimum Gasteiger partial charge on any atom is -0.443 e. The molecule has 1 unspecified atom stereocenters. The van der Waals surface area contributed by atoms with Crippen molar-refractivity contribution < 1.29 is 18.7 Å². The van der Waals surface area contributed by atoms with Crippen LogP contribution in [0.1, 0.15) is 37.6 Å². The van der Waals surface area contributed by atoms with Crippen LogP contribution in [0.25, 0.3) is 5.69 Å². The van der Waals surface area contributed by atoms with E-state index < -0.39 is 23.6 Å². The van der Waals surface area contributed by atoms with Crippen molar-refractivity contribution in [3.05, 3.63) is 77.4 Å². The number of nitrogens with zero attached hydrogens (tertiary/aromatic N) is 3. The molecule has 2 aromatic carbocycles. The van der Waals surface area contributed by atoms with Gasteiger partial charge in [-0.05, 0) is 52.0 Å². The highest BCUT2D eigenvalue weighted by atomic mass is 19.1. The number of aromatic nitrogens is 2. The summed E-state index contributed by atoms with van der Waals surface area (Å²) in [5.74, 6) is -0.834. The molecule has 0 aliphatic carbocycles. The lowest BCUT2D eigenvalue weighted by Gasteiger charge is -2.28. The third-order valence-corrected chi connectivity index (χ3v) is 5.43. The highest BCUT2D eigenvalue weighted by Gasteiger charge is 2.41. The third-order valence-electron chi connectivity index (χ3n) is 5.43. The van der Waals surface area contributed by atoms with Gasteiger partial charge in [-0.3, -0.25) is 9.69 Å². The van der Waals surface area contributed by atoms with E-state index in [-0.39, 0.29) is 18.9 Å². The molecule has 2 amide bonds. The molecule has 0 spiro atoms. The molecule has 0 fully saturated rings. The summed E-state index contributed by atoms with van der Waals surface area (Å²) in [5.41, 5.74) is 2.48. The number of carbonyl (C=O) groups is 2. The number of halogens is 1. The first kappa shape index (κ1) is 22.5. The molecule has 7 nitrogen and oxygen atoms in total. The predicted molar refractivity (Wildman–Crippen MR) is 123 cm³/mol. The van der Waals surface area contributed by atoms with Crippen LogP contribution in [0.5, 0.6) is 0 Å². The maximum atomic E-state index is 14.4. The summed E-state index contributed by atoms with van der Waals surface area (Å²) < 4.78 is 21.7. The van der Waals surface area contributed by atoms with Crippen molar-refractivity contribution in [2.45, 2.75) is 52.3 Å². The quantitative estimate of drug-likeness (QED) is 0.643. The van der Waals surface area contributed by atoms with Gasteiger partial charge in [-0.25, -0.2) is 13.9 Å². The van der Waals surface area contributed by atoms with Gasteiger partial charge in [0.2, 0.25) is 5.91 Å². The van der Waals surface area contributed by atoms with E-state index in [2.05, 4.69) is 10.4 Å². The van der Waals surface area contributed by atoms with Crippen LogP contribution in [0.15, 0.2) is 54.7 Å². The third kappa shape index (κ3) is 4.74. The van der Waals surface area contributed by atoms with Crippen LogP contribution >= 0.6 is 0 Å². The summed E-state index contributed by atoms with van der Waals surface area (Å²) in [5, 5.41) is 7.40. The standard InChI is InChI=1S/C25H27FN4O3/c1-16-17(15-29(28-16)18-9-6-5-7-10-18)14-27-23(31)22-13-19-20(26)11-8-12-21(19)30(22)24(32)33-25(2,3)4/h5-12,15,22H,13-14H2,1-4H3,(H,27,31). The Morgan fingerprint density at radius 3 is 2.58 bits per heavy atom. The van der Waals surface area contributed by atoms with E-state index in [0.29, 0.717) is 11.3 Å². The molecule has 8 heteroatoms. The normalized spacial score (nSPS) is 15.3. The van der Waals surface area contributed by atoms with Gasteiger partial charge in [0.15, 0.2) is 0 Å². The second-order valence-electron chi connectivity index (χ2n) is 9.05. The number of hydrogen-bond donors (Lipinski definition) is 1. The zero-order valence-electron chi connectivity index (χ0n) is 19.1. The number of ether oxygens (including phenoxy) is 1. The zero-order chi connectivity index (χ0) is 23.8. The van der Waals surface area contributed by atoms with Crippen molar-refractivity contribution in [1.29, 1.82) is 0 Å². The fourth-order valence-electron chi connectivity index (χ4n) is 3.86. The summed E-state index contributed by atoms with van der Waals surface area (Å²) in [6, 6.07) is 13.2. The molecule has 4 rings (SSSR count). The van der Waals surface area contributed by atoms with Crippen LogP contribution in [0.2, 0.25) is 0 Å². The van der Waals surface area contributed by atoms with Gasteiger partial charge in [-0.2, -0.15) is 5.10 Å². The molecule has 0 radical (unpaired) electrons. The van der Waals surface area contributed by atoms with Crippen molar-refractivity contribution in [1.82, 2.24) is 15.1 Å². The summed E-state index contributed by atoms with van der Waals surface area (Å²) in [6.07, 6.45) is 1.26. The Labute approximate surface area is 192 Å². The number of para-hydroxylation sites is 1. The number of rotatable bonds is 4. The van der Waals surface area contributed by atoms with E-state index in [0.717, 1.165) is 16.9 Å². The minimum atomic E-state index is -0.906. The van der Waals surface area contributed by atoms with E-state index in [1.165, 1.54) is 17.0 Å². The Bertz CT molecular complexity index is 1180. The Balaban J connectivity index is 1.53. The second kappa shape index (κ2) is 8.69. The minimum absolute atomic E-state index is 0.0787. The van der Waals surface area contributed by atoms with Crippen molar-refractivity contribution in [2.24, 2.45) is 0 Å². The fraction of sp³-hybridized carbons (Fsp3) is 0.320. The van der Waals surface area contributed by atoms with E-state index in [9.17, 15) is 14.0 Å². The zero-order valence-corrected chi connectivity index (χ0v) is 19.1. The molecule has 1 atom stereocenters. The Morgan fingerprint density at radius 2 is 1.88 bits per heavy atom. The predicted octanol–water partition coefficient (Wildman–Crippen LogP) is 4.30. The van der Waals surface area contributed by atoms with Crippen molar-refractivity contribution in [3.63, 3.8) is 0 Å². The molecular formula is C25H27FN4O3. The number of amides is 2. The molecule has 0 saturated heterocycles. The van der Waals surface area contributed by atoms with Gasteiger partial charge in [0.25, 0.3) is 0 Å². The molecule has 1 aliphatic heterocycles. The first-order valence-electron chi connectivity index (χ1n) is 10.8. The Hall–Kier alpha value is -3.68. The summed E-state index contributed by atoms with van der Waals surface area (Å²) in [7, 11) is 0. The average molecular weight is 451 g/mol. The summed E-state index contributed by atoms with van der Waals surface area (Å²) in [4.78, 5) is 27.3. The van der Waals surface area contributed by atoms with Gasteiger partial charge >= 0.3 is 6.09 Å². The number of aryl methyl sites for hydroxylation is 1. The van der Waals surface area contributed by atoms with Crippen LogP contribution in [-0.2, 0) is 22.5 Å². The van der Waals surface area contributed by atoms with E-state index >= 15 is 0 Å².